The molecular formula is C25H26N8O6. The van der Waals surface area contributed by atoms with Crippen molar-refractivity contribution >= 4 is 34.3 Å². The summed E-state index contributed by atoms with van der Waals surface area (Å²) in [6.45, 7) is 5.57. The van der Waals surface area contributed by atoms with E-state index < -0.39 is 17.1 Å². The molecule has 0 aliphatic heterocycles. The number of ether oxygens (including phenoxy) is 2. The molecule has 0 unspecified atom stereocenters. The third-order valence-electron chi connectivity index (χ3n) is 5.04. The van der Waals surface area contributed by atoms with Crippen molar-refractivity contribution < 1.29 is 24.2 Å². The molecular weight excluding hydrogens is 508 g/mol. The van der Waals surface area contributed by atoms with Crippen LogP contribution >= 0.6 is 0 Å². The summed E-state index contributed by atoms with van der Waals surface area (Å²) in [6, 6.07) is 9.77. The Morgan fingerprint density at radius 2 is 1.59 bits per heavy atom. The molecule has 39 heavy (non-hydrogen) atoms. The van der Waals surface area contributed by atoms with Crippen LogP contribution in [-0.4, -0.2) is 61.7 Å². The Morgan fingerprint density at radius 3 is 2.26 bits per heavy atom. The molecule has 14 nitrogen and oxygen atoms in total. The lowest BCUT2D eigenvalue weighted by molar-refractivity contribution is -0.155. The van der Waals surface area contributed by atoms with Crippen molar-refractivity contribution in [1.82, 2.24) is 39.0 Å². The number of fused-ring (bicyclic) bond motifs is 2. The molecule has 5 aromatic rings. The third kappa shape index (κ3) is 7.00. The van der Waals surface area contributed by atoms with Crippen LogP contribution in [-0.2, 0) is 34.0 Å². The Morgan fingerprint density at radius 1 is 0.923 bits per heavy atom. The summed E-state index contributed by atoms with van der Waals surface area (Å²) in [5.74, 6) is -1.01. The number of hydrogen-bond acceptors (Lipinski definition) is 10. The Kier molecular flexibility index (Phi) is 7.93. The first-order valence-corrected chi connectivity index (χ1v) is 11.8. The van der Waals surface area contributed by atoms with Crippen LogP contribution in [0.1, 0.15) is 26.3 Å². The number of carbonyl (C=O) groups excluding carboxylic acids is 1. The normalized spacial score (nSPS) is 11.2. The molecule has 202 valence electrons. The predicted octanol–water partition coefficient (Wildman–Crippen LogP) is 1.95. The maximum atomic E-state index is 12.1. The lowest BCUT2D eigenvalue weighted by atomic mass is 10.2. The van der Waals surface area contributed by atoms with Crippen molar-refractivity contribution in [2.24, 2.45) is 0 Å². The van der Waals surface area contributed by atoms with Gasteiger partial charge in [0.2, 0.25) is 5.88 Å². The summed E-state index contributed by atoms with van der Waals surface area (Å²) < 4.78 is 14.1. The largest absolute Gasteiger partial charge is 0.480 e. The first-order chi connectivity index (χ1) is 18.6. The first-order valence-electron chi connectivity index (χ1n) is 11.8. The van der Waals surface area contributed by atoms with E-state index in [0.717, 1.165) is 5.56 Å². The number of carbonyl (C=O) groups is 2. The zero-order chi connectivity index (χ0) is 28.0. The molecule has 0 saturated carbocycles. The third-order valence-corrected chi connectivity index (χ3v) is 5.04. The lowest BCUT2D eigenvalue weighted by Gasteiger charge is -2.19. The first kappa shape index (κ1) is 26.9. The van der Waals surface area contributed by atoms with Crippen LogP contribution in [0.4, 0.5) is 0 Å². The highest BCUT2D eigenvalue weighted by Crippen LogP contribution is 2.22. The summed E-state index contributed by atoms with van der Waals surface area (Å²) in [5, 5.41) is 8.55. The number of esters is 1. The molecule has 1 aromatic carbocycles. The zero-order valence-electron chi connectivity index (χ0n) is 21.4. The number of benzene rings is 1. The van der Waals surface area contributed by atoms with Gasteiger partial charge in [-0.05, 0) is 26.3 Å². The Balaban J connectivity index is 0.000000212. The van der Waals surface area contributed by atoms with Gasteiger partial charge in [-0.2, -0.15) is 4.98 Å². The summed E-state index contributed by atoms with van der Waals surface area (Å²) in [4.78, 5) is 56.3. The Hall–Kier alpha value is -5.14. The number of hydrogen-bond donors (Lipinski definition) is 2. The van der Waals surface area contributed by atoms with Crippen molar-refractivity contribution in [2.75, 3.05) is 0 Å². The highest BCUT2D eigenvalue weighted by molar-refractivity contribution is 5.79. The van der Waals surface area contributed by atoms with E-state index >= 15 is 0 Å². The highest BCUT2D eigenvalue weighted by Gasteiger charge is 2.19. The van der Waals surface area contributed by atoms with Gasteiger partial charge in [0, 0.05) is 0 Å². The average Bonchev–Trinajstić information content (AvgIpc) is 3.47. The maximum Gasteiger partial charge on any atom is 0.326 e. The molecule has 0 saturated heterocycles. The van der Waals surface area contributed by atoms with Crippen LogP contribution in [0, 0.1) is 0 Å². The van der Waals surface area contributed by atoms with E-state index in [-0.39, 0.29) is 30.2 Å². The Labute approximate surface area is 221 Å². The highest BCUT2D eigenvalue weighted by atomic mass is 16.6. The number of aromatic amines is 1. The molecule has 5 rings (SSSR count). The smallest absolute Gasteiger partial charge is 0.326 e. The van der Waals surface area contributed by atoms with E-state index in [9.17, 15) is 14.4 Å². The lowest BCUT2D eigenvalue weighted by Crippen LogP contribution is -2.26. The molecule has 0 aliphatic rings. The zero-order valence-corrected chi connectivity index (χ0v) is 21.4. The second kappa shape index (κ2) is 11.5. The fraction of sp³-hybridized carbons (Fsp3) is 0.280. The van der Waals surface area contributed by atoms with Crippen LogP contribution in [0.3, 0.4) is 0 Å². The van der Waals surface area contributed by atoms with Gasteiger partial charge in [0.05, 0.1) is 19.0 Å². The maximum absolute atomic E-state index is 12.1. The molecule has 0 amide bonds. The Bertz CT molecular complexity index is 1650. The number of nitrogens with zero attached hydrogens (tertiary/aromatic N) is 7. The average molecular weight is 535 g/mol. The van der Waals surface area contributed by atoms with E-state index in [0.29, 0.717) is 23.7 Å². The molecule has 4 heterocycles. The topological polar surface area (TPSA) is 180 Å². The number of carboxylic acids is 1. The van der Waals surface area contributed by atoms with Crippen LogP contribution in [0.25, 0.3) is 22.3 Å². The van der Waals surface area contributed by atoms with Crippen molar-refractivity contribution in [2.45, 2.75) is 46.1 Å². The second-order valence-electron chi connectivity index (χ2n) is 9.25. The number of aromatic nitrogens is 8. The van der Waals surface area contributed by atoms with E-state index in [1.807, 2.05) is 51.1 Å². The SMILES string of the molecule is CC(C)(C)OC(=O)Cn1cnc2ncnc(OCc3ccccc3)c21.O=C(O)Cn1cnc2nc[nH]c(=O)c21. The molecule has 2 N–H and O–H groups in total. The minimum absolute atomic E-state index is 0.0167. The van der Waals surface area contributed by atoms with Crippen LogP contribution in [0.2, 0.25) is 0 Å². The van der Waals surface area contributed by atoms with Crippen LogP contribution in [0.15, 0.2) is 60.4 Å². The van der Waals surface area contributed by atoms with Gasteiger partial charge in [-0.25, -0.2) is 19.9 Å². The quantitative estimate of drug-likeness (QED) is 0.291. The summed E-state index contributed by atoms with van der Waals surface area (Å²) in [5.41, 5.74) is 1.55. The number of nitrogens with one attached hydrogen (secondary N) is 1. The van der Waals surface area contributed by atoms with Crippen LogP contribution in [0.5, 0.6) is 5.88 Å². The monoisotopic (exact) mass is 534 g/mol. The molecule has 14 heteroatoms. The van der Waals surface area contributed by atoms with Crippen molar-refractivity contribution in [3.63, 3.8) is 0 Å². The molecule has 0 bridgehead atoms. The second-order valence-corrected chi connectivity index (χ2v) is 9.25. The number of H-pyrrole nitrogens is 1. The number of imidazole rings is 2. The van der Waals surface area contributed by atoms with Crippen LogP contribution < -0.4 is 10.3 Å². The summed E-state index contributed by atoms with van der Waals surface area (Å²) >= 11 is 0. The summed E-state index contributed by atoms with van der Waals surface area (Å²) in [6.07, 6.45) is 5.44. The fourth-order valence-electron chi connectivity index (χ4n) is 3.53. The van der Waals surface area contributed by atoms with Crippen molar-refractivity contribution in [3.05, 3.63) is 71.6 Å². The summed E-state index contributed by atoms with van der Waals surface area (Å²) in [7, 11) is 0. The molecule has 0 fully saturated rings. The van der Waals surface area contributed by atoms with Gasteiger partial charge in [0.25, 0.3) is 5.56 Å². The van der Waals surface area contributed by atoms with Gasteiger partial charge in [0.1, 0.15) is 31.6 Å². The minimum atomic E-state index is -1.03. The molecule has 0 radical (unpaired) electrons. The predicted molar refractivity (Wildman–Crippen MR) is 138 cm³/mol. The molecule has 0 spiro atoms. The molecule has 0 aliphatic carbocycles. The van der Waals surface area contributed by atoms with E-state index in [4.69, 9.17) is 14.6 Å². The number of carboxylic acid groups (broad SMARTS) is 1. The van der Waals surface area contributed by atoms with Gasteiger partial charge in [-0.15, -0.1) is 0 Å². The minimum Gasteiger partial charge on any atom is -0.480 e. The van der Waals surface area contributed by atoms with E-state index in [1.54, 1.807) is 10.9 Å². The standard InChI is InChI=1S/C18H20N4O3.C7H6N4O3/c1-18(2,3)25-14(23)9-22-12-21-16-15(22)17(20-11-19-16)24-10-13-7-5-4-6-8-13;12-4(13)1-11-3-10-6-5(11)7(14)9-2-8-6/h4-8,11-12H,9-10H2,1-3H3;2-3H,1H2,(H,12,13)(H,8,9,14). The van der Waals surface area contributed by atoms with Gasteiger partial charge < -0.3 is 28.7 Å². The fourth-order valence-corrected chi connectivity index (χ4v) is 3.53. The number of aliphatic carboxylic acids is 1. The van der Waals surface area contributed by atoms with Gasteiger partial charge in [-0.3, -0.25) is 14.4 Å². The van der Waals surface area contributed by atoms with Crippen molar-refractivity contribution in [3.8, 4) is 5.88 Å². The molecule has 0 atom stereocenters. The van der Waals surface area contributed by atoms with E-state index in [2.05, 4.69) is 29.9 Å². The van der Waals surface area contributed by atoms with Gasteiger partial charge >= 0.3 is 11.9 Å². The van der Waals surface area contributed by atoms with E-state index in [1.165, 1.54) is 23.5 Å². The van der Waals surface area contributed by atoms with Gasteiger partial charge in [0.15, 0.2) is 22.3 Å². The number of rotatable bonds is 7. The van der Waals surface area contributed by atoms with Crippen molar-refractivity contribution in [1.29, 1.82) is 0 Å². The van der Waals surface area contributed by atoms with Gasteiger partial charge in [-0.1, -0.05) is 30.3 Å². The molecule has 4 aromatic heterocycles.